The lowest BCUT2D eigenvalue weighted by atomic mass is 10.0. The van der Waals surface area contributed by atoms with Crippen LogP contribution in [0.3, 0.4) is 0 Å². The topological polar surface area (TPSA) is 19.9 Å². The smallest absolute Gasteiger partial charge is 0.0970 e. The third kappa shape index (κ3) is 7.17. The molecule has 0 saturated carbocycles. The maximum absolute atomic E-state index is 11.8. The van der Waals surface area contributed by atoms with Gasteiger partial charge in [-0.1, -0.05) is 75.8 Å². The molecule has 1 heteroatoms. The highest BCUT2D eigenvalue weighted by Crippen LogP contribution is 2.12. The van der Waals surface area contributed by atoms with E-state index >= 15 is 0 Å². The van der Waals surface area contributed by atoms with Crippen molar-refractivity contribution in [3.63, 3.8) is 0 Å². The van der Waals surface area contributed by atoms with E-state index in [1.807, 2.05) is 30.3 Å². The quantitative estimate of drug-likeness (QED) is 0.547. The molecule has 0 amide bonds. The summed E-state index contributed by atoms with van der Waals surface area (Å²) >= 11 is 0. The first-order valence-corrected chi connectivity index (χ1v) is 7.02. The second kappa shape index (κ2) is 9.23. The average Bonchev–Trinajstić information content (AvgIpc) is 2.35. The van der Waals surface area contributed by atoms with Gasteiger partial charge < -0.3 is 0 Å². The van der Waals surface area contributed by atoms with E-state index in [-0.39, 0.29) is 0 Å². The molecule has 1 rings (SSSR count). The molecule has 0 fully saturated rings. The predicted octanol–water partition coefficient (Wildman–Crippen LogP) is 4.78. The lowest BCUT2D eigenvalue weighted by Crippen LogP contribution is -2.08. The van der Waals surface area contributed by atoms with E-state index in [9.17, 15) is 5.11 Å². The summed E-state index contributed by atoms with van der Waals surface area (Å²) in [7, 11) is 0. The van der Waals surface area contributed by atoms with Gasteiger partial charge in [-0.05, 0) is 12.0 Å². The van der Waals surface area contributed by atoms with Crippen molar-refractivity contribution in [1.82, 2.24) is 0 Å². The summed E-state index contributed by atoms with van der Waals surface area (Å²) in [5.74, 6) is 0. The van der Waals surface area contributed by atoms with Crippen molar-refractivity contribution in [2.45, 2.75) is 64.4 Å². The third-order valence-electron chi connectivity index (χ3n) is 3.19. The molecule has 1 radical (unpaired) electrons. The van der Waals surface area contributed by atoms with Gasteiger partial charge >= 0.3 is 0 Å². The molecule has 0 N–H and O–H groups in total. The van der Waals surface area contributed by atoms with Gasteiger partial charge in [0.15, 0.2) is 0 Å². The van der Waals surface area contributed by atoms with Gasteiger partial charge in [0, 0.05) is 6.42 Å². The summed E-state index contributed by atoms with van der Waals surface area (Å²) in [6, 6.07) is 10.1. The number of unbranched alkanes of at least 4 members (excludes halogenated alkanes) is 5. The molecule has 0 heterocycles. The Morgan fingerprint density at radius 2 is 1.59 bits per heavy atom. The fraction of sp³-hybridized carbons (Fsp3) is 0.625. The zero-order valence-electron chi connectivity index (χ0n) is 11.0. The lowest BCUT2D eigenvalue weighted by molar-refractivity contribution is 0.0790. The summed E-state index contributed by atoms with van der Waals surface area (Å²) in [6.07, 6.45) is 8.70. The molecule has 1 atom stereocenters. The zero-order chi connectivity index (χ0) is 12.3. The van der Waals surface area contributed by atoms with Crippen LogP contribution in [0.15, 0.2) is 30.3 Å². The van der Waals surface area contributed by atoms with Gasteiger partial charge in [-0.2, -0.15) is 0 Å². The molecule has 0 saturated heterocycles. The Bertz CT molecular complexity index is 268. The van der Waals surface area contributed by atoms with Crippen LogP contribution >= 0.6 is 0 Å². The Labute approximate surface area is 106 Å². The number of benzene rings is 1. The maximum atomic E-state index is 11.8. The molecule has 0 spiro atoms. The van der Waals surface area contributed by atoms with Crippen molar-refractivity contribution in [3.05, 3.63) is 35.9 Å². The SMILES string of the molecule is CCCCCCCCC([O])Cc1ccccc1. The van der Waals surface area contributed by atoms with E-state index in [0.717, 1.165) is 12.8 Å². The normalized spacial score (nSPS) is 12.6. The van der Waals surface area contributed by atoms with E-state index in [0.29, 0.717) is 6.42 Å². The van der Waals surface area contributed by atoms with Crippen LogP contribution < -0.4 is 0 Å². The average molecular weight is 233 g/mol. The second-order valence-electron chi connectivity index (χ2n) is 4.87. The Balaban J connectivity index is 2.03. The highest BCUT2D eigenvalue weighted by atomic mass is 16.3. The van der Waals surface area contributed by atoms with Gasteiger partial charge in [0.1, 0.15) is 0 Å². The van der Waals surface area contributed by atoms with Crippen LogP contribution in [0.25, 0.3) is 0 Å². The summed E-state index contributed by atoms with van der Waals surface area (Å²) in [5.41, 5.74) is 1.18. The molecule has 0 bridgehead atoms. The number of hydrogen-bond donors (Lipinski definition) is 0. The zero-order valence-corrected chi connectivity index (χ0v) is 11.0. The predicted molar refractivity (Wildman–Crippen MR) is 72.6 cm³/mol. The van der Waals surface area contributed by atoms with Crippen LogP contribution in [-0.2, 0) is 11.5 Å². The van der Waals surface area contributed by atoms with Crippen molar-refractivity contribution in [2.24, 2.45) is 0 Å². The van der Waals surface area contributed by atoms with Crippen molar-refractivity contribution in [2.75, 3.05) is 0 Å². The van der Waals surface area contributed by atoms with Crippen molar-refractivity contribution in [1.29, 1.82) is 0 Å². The van der Waals surface area contributed by atoms with E-state index in [1.165, 1.54) is 37.7 Å². The van der Waals surface area contributed by atoms with Crippen LogP contribution in [0.1, 0.15) is 57.4 Å². The molecule has 95 valence electrons. The molecule has 1 unspecified atom stereocenters. The maximum Gasteiger partial charge on any atom is 0.0970 e. The van der Waals surface area contributed by atoms with E-state index in [1.54, 1.807) is 0 Å². The van der Waals surface area contributed by atoms with Crippen LogP contribution in [0.2, 0.25) is 0 Å². The van der Waals surface area contributed by atoms with Crippen molar-refractivity contribution in [3.8, 4) is 0 Å². The van der Waals surface area contributed by atoms with Crippen LogP contribution in [0, 0.1) is 0 Å². The first-order valence-electron chi connectivity index (χ1n) is 7.02. The molecule has 1 nitrogen and oxygen atoms in total. The largest absolute Gasteiger partial charge is 0.233 e. The van der Waals surface area contributed by atoms with Crippen molar-refractivity contribution < 1.29 is 5.11 Å². The molecule has 0 aliphatic heterocycles. The molecule has 0 aliphatic carbocycles. The minimum absolute atomic E-state index is 0.413. The van der Waals surface area contributed by atoms with Crippen LogP contribution in [0.4, 0.5) is 0 Å². The second-order valence-corrected chi connectivity index (χ2v) is 4.87. The van der Waals surface area contributed by atoms with Gasteiger partial charge in [-0.25, -0.2) is 5.11 Å². The Kier molecular flexibility index (Phi) is 7.74. The standard InChI is InChI=1S/C16H25O/c1-2-3-4-5-6-10-13-16(17)14-15-11-8-7-9-12-15/h7-9,11-12,16H,2-6,10,13-14H2,1H3. The fourth-order valence-electron chi connectivity index (χ4n) is 2.13. The van der Waals surface area contributed by atoms with Gasteiger partial charge in [-0.15, -0.1) is 0 Å². The van der Waals surface area contributed by atoms with Crippen LogP contribution in [-0.4, -0.2) is 6.10 Å². The van der Waals surface area contributed by atoms with Crippen molar-refractivity contribution >= 4 is 0 Å². The van der Waals surface area contributed by atoms with E-state index in [2.05, 4.69) is 6.92 Å². The fourth-order valence-corrected chi connectivity index (χ4v) is 2.13. The first kappa shape index (κ1) is 14.2. The summed E-state index contributed by atoms with van der Waals surface area (Å²) in [4.78, 5) is 0. The molecular formula is C16H25O. The first-order chi connectivity index (χ1) is 8.33. The number of hydrogen-bond acceptors (Lipinski definition) is 0. The van der Waals surface area contributed by atoms with Gasteiger partial charge in [0.25, 0.3) is 0 Å². The monoisotopic (exact) mass is 233 g/mol. The highest BCUT2D eigenvalue weighted by molar-refractivity contribution is 5.15. The van der Waals surface area contributed by atoms with Crippen LogP contribution in [0.5, 0.6) is 0 Å². The van der Waals surface area contributed by atoms with Gasteiger partial charge in [0.2, 0.25) is 0 Å². The molecule has 0 aliphatic rings. The third-order valence-corrected chi connectivity index (χ3v) is 3.19. The molecular weight excluding hydrogens is 208 g/mol. The lowest BCUT2D eigenvalue weighted by Gasteiger charge is -2.08. The summed E-state index contributed by atoms with van der Waals surface area (Å²) in [5, 5.41) is 11.8. The summed E-state index contributed by atoms with van der Waals surface area (Å²) < 4.78 is 0. The molecule has 1 aromatic carbocycles. The minimum atomic E-state index is -0.413. The summed E-state index contributed by atoms with van der Waals surface area (Å²) in [6.45, 7) is 2.23. The molecule has 17 heavy (non-hydrogen) atoms. The van der Waals surface area contributed by atoms with E-state index < -0.39 is 6.10 Å². The van der Waals surface area contributed by atoms with E-state index in [4.69, 9.17) is 0 Å². The Morgan fingerprint density at radius 3 is 2.29 bits per heavy atom. The molecule has 1 aromatic rings. The van der Waals surface area contributed by atoms with Gasteiger partial charge in [-0.3, -0.25) is 0 Å². The number of rotatable bonds is 9. The molecule has 0 aromatic heterocycles. The Morgan fingerprint density at radius 1 is 0.941 bits per heavy atom. The van der Waals surface area contributed by atoms with Gasteiger partial charge in [0.05, 0.1) is 6.10 Å². The highest BCUT2D eigenvalue weighted by Gasteiger charge is 2.06. The minimum Gasteiger partial charge on any atom is -0.233 e. The Hall–Kier alpha value is -0.820.